The van der Waals surface area contributed by atoms with Crippen molar-refractivity contribution in [1.82, 2.24) is 9.97 Å². The van der Waals surface area contributed by atoms with Crippen molar-refractivity contribution < 1.29 is 18.6 Å². The quantitative estimate of drug-likeness (QED) is 0.805. The summed E-state index contributed by atoms with van der Waals surface area (Å²) < 4.78 is 31.3. The minimum absolute atomic E-state index is 0.00931. The first kappa shape index (κ1) is 15.3. The van der Waals surface area contributed by atoms with Crippen LogP contribution >= 0.6 is 0 Å². The molecule has 2 fully saturated rings. The van der Waals surface area contributed by atoms with Crippen LogP contribution in [0.1, 0.15) is 6.92 Å². The van der Waals surface area contributed by atoms with E-state index in [1.807, 2.05) is 11.8 Å². The van der Waals surface area contributed by atoms with Crippen LogP contribution in [0.15, 0.2) is 36.8 Å². The molecule has 0 aliphatic carbocycles. The van der Waals surface area contributed by atoms with Gasteiger partial charge in [0.15, 0.2) is 0 Å². The van der Waals surface area contributed by atoms with Crippen molar-refractivity contribution in [3.05, 3.63) is 42.7 Å². The SMILES string of the molecule is CC1N(c2cc(Oc3cccnc3)cnc2F)CCOC12COC2. The molecule has 2 saturated heterocycles. The molecule has 0 saturated carbocycles. The van der Waals surface area contributed by atoms with E-state index in [1.54, 1.807) is 30.6 Å². The van der Waals surface area contributed by atoms with E-state index in [0.717, 1.165) is 0 Å². The molecule has 6 nitrogen and oxygen atoms in total. The van der Waals surface area contributed by atoms with Crippen LogP contribution in [0.2, 0.25) is 0 Å². The molecule has 0 aromatic carbocycles. The summed E-state index contributed by atoms with van der Waals surface area (Å²) in [5, 5.41) is 0. The highest BCUT2D eigenvalue weighted by atomic mass is 19.1. The van der Waals surface area contributed by atoms with Gasteiger partial charge < -0.3 is 19.1 Å². The Morgan fingerprint density at radius 3 is 2.92 bits per heavy atom. The number of morpholine rings is 1. The van der Waals surface area contributed by atoms with Crippen LogP contribution in [0.5, 0.6) is 11.5 Å². The molecule has 126 valence electrons. The van der Waals surface area contributed by atoms with Gasteiger partial charge in [0.25, 0.3) is 0 Å². The van der Waals surface area contributed by atoms with Gasteiger partial charge in [0.1, 0.15) is 17.1 Å². The van der Waals surface area contributed by atoms with Gasteiger partial charge >= 0.3 is 0 Å². The van der Waals surface area contributed by atoms with Gasteiger partial charge in [-0.3, -0.25) is 4.98 Å². The minimum Gasteiger partial charge on any atom is -0.454 e. The van der Waals surface area contributed by atoms with Crippen LogP contribution in [-0.2, 0) is 9.47 Å². The number of halogens is 1. The minimum atomic E-state index is -0.516. The van der Waals surface area contributed by atoms with E-state index in [-0.39, 0.29) is 11.6 Å². The second-order valence-electron chi connectivity index (χ2n) is 6.05. The molecule has 2 aliphatic rings. The molecule has 0 N–H and O–H groups in total. The van der Waals surface area contributed by atoms with E-state index < -0.39 is 5.95 Å². The van der Waals surface area contributed by atoms with Crippen molar-refractivity contribution in [2.75, 3.05) is 31.3 Å². The zero-order valence-corrected chi connectivity index (χ0v) is 13.3. The summed E-state index contributed by atoms with van der Waals surface area (Å²) in [6.07, 6.45) is 4.64. The average Bonchev–Trinajstić information content (AvgIpc) is 2.57. The summed E-state index contributed by atoms with van der Waals surface area (Å²) in [6, 6.07) is 5.22. The van der Waals surface area contributed by atoms with Crippen molar-refractivity contribution in [3.63, 3.8) is 0 Å². The lowest BCUT2D eigenvalue weighted by atomic mass is 9.90. The maximum atomic E-state index is 14.3. The second kappa shape index (κ2) is 5.99. The summed E-state index contributed by atoms with van der Waals surface area (Å²) in [5.41, 5.74) is 0.0590. The molecule has 1 spiro atoms. The number of nitrogens with zero attached hydrogens (tertiary/aromatic N) is 3. The molecule has 1 atom stereocenters. The van der Waals surface area contributed by atoms with Crippen LogP contribution < -0.4 is 9.64 Å². The van der Waals surface area contributed by atoms with Gasteiger partial charge in [0.05, 0.1) is 43.9 Å². The smallest absolute Gasteiger partial charge is 0.236 e. The largest absolute Gasteiger partial charge is 0.454 e. The van der Waals surface area contributed by atoms with E-state index in [4.69, 9.17) is 14.2 Å². The summed E-state index contributed by atoms with van der Waals surface area (Å²) in [4.78, 5) is 9.83. The summed E-state index contributed by atoms with van der Waals surface area (Å²) >= 11 is 0. The lowest BCUT2D eigenvalue weighted by molar-refractivity contribution is -0.228. The van der Waals surface area contributed by atoms with Gasteiger partial charge in [-0.1, -0.05) is 0 Å². The van der Waals surface area contributed by atoms with Crippen molar-refractivity contribution in [3.8, 4) is 11.5 Å². The van der Waals surface area contributed by atoms with Gasteiger partial charge in [0, 0.05) is 18.8 Å². The maximum absolute atomic E-state index is 14.3. The summed E-state index contributed by atoms with van der Waals surface area (Å²) in [5.74, 6) is 0.533. The molecule has 1 unspecified atom stereocenters. The van der Waals surface area contributed by atoms with Gasteiger partial charge in [-0.05, 0) is 19.1 Å². The zero-order chi connectivity index (χ0) is 16.6. The molecule has 7 heteroatoms. The molecule has 4 heterocycles. The maximum Gasteiger partial charge on any atom is 0.236 e. The fraction of sp³-hybridized carbons (Fsp3) is 0.412. The Labute approximate surface area is 139 Å². The van der Waals surface area contributed by atoms with Crippen LogP contribution in [0.3, 0.4) is 0 Å². The Balaban J connectivity index is 1.61. The van der Waals surface area contributed by atoms with Gasteiger partial charge in [-0.15, -0.1) is 0 Å². The monoisotopic (exact) mass is 331 g/mol. The highest BCUT2D eigenvalue weighted by Gasteiger charge is 2.50. The molecule has 0 radical (unpaired) electrons. The molecule has 0 amide bonds. The van der Waals surface area contributed by atoms with E-state index in [0.29, 0.717) is 43.6 Å². The molecule has 4 rings (SSSR count). The van der Waals surface area contributed by atoms with Gasteiger partial charge in [0.2, 0.25) is 5.95 Å². The Bertz CT molecular complexity index is 724. The number of rotatable bonds is 3. The lowest BCUT2D eigenvalue weighted by Gasteiger charge is -2.53. The summed E-state index contributed by atoms with van der Waals surface area (Å²) in [7, 11) is 0. The molecule has 24 heavy (non-hydrogen) atoms. The Morgan fingerprint density at radius 1 is 1.33 bits per heavy atom. The number of anilines is 1. The normalized spacial score (nSPS) is 22.2. The fourth-order valence-electron chi connectivity index (χ4n) is 3.12. The fourth-order valence-corrected chi connectivity index (χ4v) is 3.12. The topological polar surface area (TPSA) is 56.7 Å². The van der Waals surface area contributed by atoms with Crippen LogP contribution in [0.4, 0.5) is 10.1 Å². The Hall–Kier alpha value is -2.25. The molecule has 2 aliphatic heterocycles. The number of hydrogen-bond donors (Lipinski definition) is 0. The first-order valence-corrected chi connectivity index (χ1v) is 7.90. The molecule has 2 aromatic rings. The standard InChI is InChI=1S/C17H18FN3O3/c1-12-17(10-22-11-17)23-6-5-21(12)15-7-14(9-20-16(15)18)24-13-3-2-4-19-8-13/h2-4,7-9,12H,5-6,10-11H2,1H3. The third-order valence-corrected chi connectivity index (χ3v) is 4.62. The highest BCUT2D eigenvalue weighted by molar-refractivity contribution is 5.52. The van der Waals surface area contributed by atoms with Crippen molar-refractivity contribution in [2.45, 2.75) is 18.6 Å². The molecular weight excluding hydrogens is 313 g/mol. The van der Waals surface area contributed by atoms with Crippen LogP contribution in [0, 0.1) is 5.95 Å². The second-order valence-corrected chi connectivity index (χ2v) is 6.05. The van der Waals surface area contributed by atoms with E-state index in [9.17, 15) is 4.39 Å². The zero-order valence-electron chi connectivity index (χ0n) is 13.3. The van der Waals surface area contributed by atoms with Crippen molar-refractivity contribution >= 4 is 5.69 Å². The highest BCUT2D eigenvalue weighted by Crippen LogP contribution is 2.36. The van der Waals surface area contributed by atoms with E-state index in [1.165, 1.54) is 6.20 Å². The predicted molar refractivity (Wildman–Crippen MR) is 84.8 cm³/mol. The van der Waals surface area contributed by atoms with E-state index in [2.05, 4.69) is 9.97 Å². The predicted octanol–water partition coefficient (Wildman–Crippen LogP) is 2.40. The average molecular weight is 331 g/mol. The van der Waals surface area contributed by atoms with Gasteiger partial charge in [-0.2, -0.15) is 4.39 Å². The first-order chi connectivity index (χ1) is 11.7. The third-order valence-electron chi connectivity index (χ3n) is 4.62. The van der Waals surface area contributed by atoms with Crippen molar-refractivity contribution in [2.24, 2.45) is 0 Å². The number of aromatic nitrogens is 2. The Kier molecular flexibility index (Phi) is 3.82. The lowest BCUT2D eigenvalue weighted by Crippen LogP contribution is -2.68. The number of pyridine rings is 2. The van der Waals surface area contributed by atoms with Crippen molar-refractivity contribution in [1.29, 1.82) is 0 Å². The first-order valence-electron chi connectivity index (χ1n) is 7.90. The Morgan fingerprint density at radius 2 is 2.21 bits per heavy atom. The molecule has 0 bridgehead atoms. The van der Waals surface area contributed by atoms with Crippen LogP contribution in [0.25, 0.3) is 0 Å². The van der Waals surface area contributed by atoms with E-state index >= 15 is 0 Å². The molecule has 2 aromatic heterocycles. The molecular formula is C17H18FN3O3. The number of hydrogen-bond acceptors (Lipinski definition) is 6. The van der Waals surface area contributed by atoms with Gasteiger partial charge in [-0.25, -0.2) is 4.98 Å². The third kappa shape index (κ3) is 2.59. The number of ether oxygens (including phenoxy) is 3. The summed E-state index contributed by atoms with van der Waals surface area (Å²) in [6.45, 7) is 4.21. The van der Waals surface area contributed by atoms with Crippen LogP contribution in [-0.4, -0.2) is 48.0 Å².